The fourth-order valence-electron chi connectivity index (χ4n) is 1.91. The molecule has 5 nitrogen and oxygen atoms in total. The van der Waals surface area contributed by atoms with Crippen LogP contribution in [-0.2, 0) is 9.59 Å². The highest BCUT2D eigenvalue weighted by Crippen LogP contribution is 2.32. The lowest BCUT2D eigenvalue weighted by Gasteiger charge is -2.30. The van der Waals surface area contributed by atoms with Crippen molar-refractivity contribution in [3.63, 3.8) is 0 Å². The summed E-state index contributed by atoms with van der Waals surface area (Å²) in [6.45, 7) is 0.577. The Kier molecular flexibility index (Phi) is 6.98. The molecule has 0 aliphatic heterocycles. The van der Waals surface area contributed by atoms with Crippen molar-refractivity contribution in [2.75, 3.05) is 19.7 Å². The third kappa shape index (κ3) is 5.36. The Balaban J connectivity index is 5.03. The zero-order valence-corrected chi connectivity index (χ0v) is 11.5. The zero-order chi connectivity index (χ0) is 16.0. The molecule has 0 aromatic carbocycles. The number of carboxylic acid groups (broad SMARTS) is 1. The summed E-state index contributed by atoms with van der Waals surface area (Å²) in [5.41, 5.74) is -1.36. The van der Waals surface area contributed by atoms with Gasteiger partial charge in [0.2, 0.25) is 5.91 Å². The van der Waals surface area contributed by atoms with Gasteiger partial charge in [0.05, 0.1) is 12.0 Å². The molecule has 0 radical (unpaired) electrons. The van der Waals surface area contributed by atoms with Gasteiger partial charge in [-0.2, -0.15) is 13.2 Å². The lowest BCUT2D eigenvalue weighted by Crippen LogP contribution is -2.44. The fourth-order valence-corrected chi connectivity index (χ4v) is 1.91. The minimum atomic E-state index is -4.59. The normalized spacial score (nSPS) is 12.3. The highest BCUT2D eigenvalue weighted by molar-refractivity contribution is 5.85. The van der Waals surface area contributed by atoms with Gasteiger partial charge in [-0.3, -0.25) is 9.59 Å². The van der Waals surface area contributed by atoms with Crippen molar-refractivity contribution in [2.24, 2.45) is 5.41 Å². The van der Waals surface area contributed by atoms with Gasteiger partial charge in [0, 0.05) is 13.0 Å². The minimum absolute atomic E-state index is 0.142. The van der Waals surface area contributed by atoms with Crippen LogP contribution in [0.25, 0.3) is 0 Å². The standard InChI is InChI=1S/C12H20F3NO4/c1-3-11(4-2,10(19)20)7-9(18)16(5-6-17)8-12(13,14)15/h17H,3-8H2,1-2H3,(H,19,20). The number of halogens is 3. The van der Waals surface area contributed by atoms with Crippen LogP contribution in [0.1, 0.15) is 33.1 Å². The summed E-state index contributed by atoms with van der Waals surface area (Å²) in [5.74, 6) is -2.12. The number of aliphatic carboxylic acids is 1. The number of amides is 1. The van der Waals surface area contributed by atoms with E-state index in [9.17, 15) is 27.9 Å². The highest BCUT2D eigenvalue weighted by Gasteiger charge is 2.40. The first kappa shape index (κ1) is 18.7. The maximum absolute atomic E-state index is 12.4. The van der Waals surface area contributed by atoms with Crippen molar-refractivity contribution in [2.45, 2.75) is 39.3 Å². The Bertz CT molecular complexity index is 340. The molecule has 0 aliphatic carbocycles. The zero-order valence-electron chi connectivity index (χ0n) is 11.5. The average molecular weight is 299 g/mol. The van der Waals surface area contributed by atoms with Crippen molar-refractivity contribution < 1.29 is 33.0 Å². The molecule has 0 saturated heterocycles. The van der Waals surface area contributed by atoms with E-state index < -0.39 is 49.6 Å². The van der Waals surface area contributed by atoms with Crippen LogP contribution in [0.3, 0.4) is 0 Å². The van der Waals surface area contributed by atoms with Gasteiger partial charge >= 0.3 is 12.1 Å². The maximum Gasteiger partial charge on any atom is 0.406 e. The number of carbonyl (C=O) groups excluding carboxylic acids is 1. The van der Waals surface area contributed by atoms with E-state index in [1.807, 2.05) is 0 Å². The van der Waals surface area contributed by atoms with Crippen LogP contribution >= 0.6 is 0 Å². The minimum Gasteiger partial charge on any atom is -0.481 e. The van der Waals surface area contributed by atoms with Crippen molar-refractivity contribution in [1.82, 2.24) is 4.90 Å². The second kappa shape index (κ2) is 7.47. The highest BCUT2D eigenvalue weighted by atomic mass is 19.4. The van der Waals surface area contributed by atoms with Crippen molar-refractivity contribution >= 4 is 11.9 Å². The molecule has 0 spiro atoms. The van der Waals surface area contributed by atoms with E-state index in [2.05, 4.69) is 0 Å². The number of aliphatic hydroxyl groups excluding tert-OH is 1. The van der Waals surface area contributed by atoms with Crippen molar-refractivity contribution in [1.29, 1.82) is 0 Å². The quantitative estimate of drug-likeness (QED) is 0.714. The Morgan fingerprint density at radius 1 is 1.15 bits per heavy atom. The van der Waals surface area contributed by atoms with Gasteiger partial charge in [-0.15, -0.1) is 0 Å². The first-order valence-corrected chi connectivity index (χ1v) is 6.30. The Labute approximate surface area is 115 Å². The van der Waals surface area contributed by atoms with E-state index in [1.54, 1.807) is 13.8 Å². The number of nitrogens with zero attached hydrogens (tertiary/aromatic N) is 1. The molecule has 20 heavy (non-hydrogen) atoms. The Hall–Kier alpha value is -1.31. The summed E-state index contributed by atoms with van der Waals surface area (Å²) in [6, 6.07) is 0. The number of hydrogen-bond acceptors (Lipinski definition) is 3. The molecule has 0 unspecified atom stereocenters. The van der Waals surface area contributed by atoms with Gasteiger partial charge in [-0.05, 0) is 12.8 Å². The van der Waals surface area contributed by atoms with E-state index in [4.69, 9.17) is 5.11 Å². The number of carbonyl (C=O) groups is 2. The number of hydrogen-bond donors (Lipinski definition) is 2. The molecule has 2 N–H and O–H groups in total. The molecule has 0 aromatic heterocycles. The number of rotatable bonds is 8. The predicted octanol–water partition coefficient (Wildman–Crippen LogP) is 1.65. The van der Waals surface area contributed by atoms with E-state index in [0.29, 0.717) is 4.90 Å². The summed E-state index contributed by atoms with van der Waals surface area (Å²) in [6.07, 6.45) is -4.81. The summed E-state index contributed by atoms with van der Waals surface area (Å²) in [7, 11) is 0. The van der Waals surface area contributed by atoms with E-state index in [0.717, 1.165) is 0 Å². The summed E-state index contributed by atoms with van der Waals surface area (Å²) in [5, 5.41) is 17.9. The smallest absolute Gasteiger partial charge is 0.406 e. The van der Waals surface area contributed by atoms with Crippen molar-refractivity contribution in [3.8, 4) is 0 Å². The third-order valence-corrected chi connectivity index (χ3v) is 3.39. The summed E-state index contributed by atoms with van der Waals surface area (Å²) in [4.78, 5) is 23.6. The number of aliphatic hydroxyl groups is 1. The van der Waals surface area contributed by atoms with E-state index in [1.165, 1.54) is 0 Å². The summed E-state index contributed by atoms with van der Waals surface area (Å²) < 4.78 is 37.1. The molecular weight excluding hydrogens is 279 g/mol. The second-order valence-corrected chi connectivity index (χ2v) is 4.62. The van der Waals surface area contributed by atoms with Gasteiger partial charge in [0.15, 0.2) is 0 Å². The van der Waals surface area contributed by atoms with E-state index >= 15 is 0 Å². The molecule has 1 amide bonds. The van der Waals surface area contributed by atoms with Gasteiger partial charge in [-0.1, -0.05) is 13.8 Å². The SMILES string of the molecule is CCC(CC)(CC(=O)N(CCO)CC(F)(F)F)C(=O)O. The molecule has 8 heteroatoms. The van der Waals surface area contributed by atoms with Gasteiger partial charge < -0.3 is 15.1 Å². The van der Waals surface area contributed by atoms with Crippen LogP contribution in [0.5, 0.6) is 0 Å². The number of carboxylic acids is 1. The maximum atomic E-state index is 12.4. The molecule has 118 valence electrons. The van der Waals surface area contributed by atoms with Crippen LogP contribution in [0.2, 0.25) is 0 Å². The van der Waals surface area contributed by atoms with Crippen LogP contribution < -0.4 is 0 Å². The number of alkyl halides is 3. The van der Waals surface area contributed by atoms with Crippen LogP contribution in [0.15, 0.2) is 0 Å². The fraction of sp³-hybridized carbons (Fsp3) is 0.833. The molecule has 0 rings (SSSR count). The van der Waals surface area contributed by atoms with Crippen LogP contribution in [0.4, 0.5) is 13.2 Å². The molecule has 0 aliphatic rings. The largest absolute Gasteiger partial charge is 0.481 e. The third-order valence-electron chi connectivity index (χ3n) is 3.39. The molecule has 0 atom stereocenters. The lowest BCUT2D eigenvalue weighted by molar-refractivity contribution is -0.166. The molecule has 0 fully saturated rings. The summed E-state index contributed by atoms with van der Waals surface area (Å²) >= 11 is 0. The molecule has 0 aromatic rings. The average Bonchev–Trinajstić information content (AvgIpc) is 2.33. The predicted molar refractivity (Wildman–Crippen MR) is 65.0 cm³/mol. The Morgan fingerprint density at radius 2 is 1.65 bits per heavy atom. The first-order valence-electron chi connectivity index (χ1n) is 6.30. The van der Waals surface area contributed by atoms with Gasteiger partial charge in [0.25, 0.3) is 0 Å². The Morgan fingerprint density at radius 3 is 1.95 bits per heavy atom. The molecule has 0 heterocycles. The topological polar surface area (TPSA) is 77.8 Å². The molecule has 0 saturated carbocycles. The monoisotopic (exact) mass is 299 g/mol. The van der Waals surface area contributed by atoms with Crippen LogP contribution in [-0.4, -0.2) is 52.9 Å². The molecule has 0 bridgehead atoms. The van der Waals surface area contributed by atoms with Crippen molar-refractivity contribution in [3.05, 3.63) is 0 Å². The van der Waals surface area contributed by atoms with Crippen LogP contribution in [0, 0.1) is 5.41 Å². The van der Waals surface area contributed by atoms with Gasteiger partial charge in [-0.25, -0.2) is 0 Å². The lowest BCUT2D eigenvalue weighted by atomic mass is 9.79. The first-order chi connectivity index (χ1) is 9.11. The van der Waals surface area contributed by atoms with Gasteiger partial charge in [0.1, 0.15) is 6.54 Å². The molecular formula is C12H20F3NO4. The van der Waals surface area contributed by atoms with E-state index in [-0.39, 0.29) is 12.8 Å². The second-order valence-electron chi connectivity index (χ2n) is 4.62.